The van der Waals surface area contributed by atoms with Gasteiger partial charge in [-0.2, -0.15) is 9.66 Å². The third kappa shape index (κ3) is 7.92. The maximum atomic E-state index is 12.9. The Morgan fingerprint density at radius 3 is 2.71 bits per heavy atom. The highest BCUT2D eigenvalue weighted by molar-refractivity contribution is 7.90. The van der Waals surface area contributed by atoms with E-state index in [2.05, 4.69) is 23.5 Å². The number of fused-ring (bicyclic) bond motifs is 1. The molecule has 8 nitrogen and oxygen atoms in total. The second kappa shape index (κ2) is 13.4. The van der Waals surface area contributed by atoms with Crippen molar-refractivity contribution in [1.82, 2.24) is 9.88 Å². The van der Waals surface area contributed by atoms with Gasteiger partial charge in [0.15, 0.2) is 0 Å². The molecule has 41 heavy (non-hydrogen) atoms. The molecule has 1 unspecified atom stereocenters. The molecule has 0 radical (unpaired) electrons. The van der Waals surface area contributed by atoms with Crippen molar-refractivity contribution >= 4 is 32.6 Å². The minimum atomic E-state index is -3.62. The van der Waals surface area contributed by atoms with Crippen LogP contribution in [-0.2, 0) is 21.2 Å². The lowest BCUT2D eigenvalue weighted by Gasteiger charge is -2.24. The first-order valence-corrected chi connectivity index (χ1v) is 16.7. The Bertz CT molecular complexity index is 1500. The topological polar surface area (TPSA) is 116 Å². The van der Waals surface area contributed by atoms with Crippen LogP contribution in [0.15, 0.2) is 46.2 Å². The molecular weight excluding hydrogens is 556 g/mol. The molecule has 1 N–H and O–H groups in total. The summed E-state index contributed by atoms with van der Waals surface area (Å²) in [5.74, 6) is 0.870. The van der Waals surface area contributed by atoms with Gasteiger partial charge in [-0.1, -0.05) is 25.1 Å². The normalized spacial score (nSPS) is 19.0. The van der Waals surface area contributed by atoms with Crippen LogP contribution in [0.25, 0.3) is 16.0 Å². The fourth-order valence-electron chi connectivity index (χ4n) is 5.26. The number of aliphatic hydroxyl groups excluding tert-OH is 1. The lowest BCUT2D eigenvalue weighted by molar-refractivity contribution is 0.134. The maximum absolute atomic E-state index is 12.9. The first-order chi connectivity index (χ1) is 19.5. The van der Waals surface area contributed by atoms with Crippen LogP contribution in [0.5, 0.6) is 0 Å². The van der Waals surface area contributed by atoms with E-state index in [1.54, 1.807) is 18.3 Å². The van der Waals surface area contributed by atoms with Gasteiger partial charge in [0.05, 0.1) is 34.1 Å². The van der Waals surface area contributed by atoms with Crippen molar-refractivity contribution in [3.05, 3.63) is 57.9 Å². The zero-order valence-electron chi connectivity index (χ0n) is 24.6. The predicted molar refractivity (Wildman–Crippen MR) is 165 cm³/mol. The molecule has 1 aromatic heterocycles. The van der Waals surface area contributed by atoms with Gasteiger partial charge < -0.3 is 14.7 Å². The number of aromatic nitrogens is 1. The summed E-state index contributed by atoms with van der Waals surface area (Å²) in [5.41, 5.74) is 5.25. The number of rotatable bonds is 12. The third-order valence-electron chi connectivity index (χ3n) is 7.38. The van der Waals surface area contributed by atoms with Crippen molar-refractivity contribution in [3.8, 4) is 16.5 Å². The molecule has 0 saturated carbocycles. The number of allylic oxidation sites excluding steroid dienone is 4. The van der Waals surface area contributed by atoms with Crippen LogP contribution in [0.4, 0.5) is 0 Å². The number of benzene rings is 1. The zero-order valence-corrected chi connectivity index (χ0v) is 26.2. The van der Waals surface area contributed by atoms with E-state index < -0.39 is 10.0 Å². The monoisotopic (exact) mass is 596 g/mol. The maximum Gasteiger partial charge on any atom is 0.254 e. The Balaban J connectivity index is 1.52. The van der Waals surface area contributed by atoms with Crippen molar-refractivity contribution < 1.29 is 18.3 Å². The number of nitriles is 1. The number of ether oxygens (including phenoxy) is 1. The van der Waals surface area contributed by atoms with Gasteiger partial charge in [-0.05, 0) is 88.7 Å². The number of hydrogen-bond acceptors (Lipinski definition) is 8. The molecule has 1 aromatic carbocycles. The summed E-state index contributed by atoms with van der Waals surface area (Å²) in [4.78, 5) is 7.71. The highest BCUT2D eigenvalue weighted by Gasteiger charge is 2.27. The second-order valence-corrected chi connectivity index (χ2v) is 14.1. The molecule has 10 heteroatoms. The first kappa shape index (κ1) is 31.1. The minimum absolute atomic E-state index is 0.0123. The van der Waals surface area contributed by atoms with E-state index in [1.165, 1.54) is 0 Å². The quantitative estimate of drug-likeness (QED) is 0.339. The van der Waals surface area contributed by atoms with Crippen LogP contribution >= 0.6 is 11.3 Å². The smallest absolute Gasteiger partial charge is 0.254 e. The Hall–Kier alpha value is -2.84. The molecule has 2 aliphatic rings. The van der Waals surface area contributed by atoms with E-state index in [1.807, 2.05) is 50.2 Å². The Morgan fingerprint density at radius 2 is 2.00 bits per heavy atom. The van der Waals surface area contributed by atoms with E-state index in [9.17, 15) is 18.8 Å². The summed E-state index contributed by atoms with van der Waals surface area (Å²) in [6.45, 7) is 8.94. The fourth-order valence-corrected chi connectivity index (χ4v) is 7.51. The molecular formula is C31H40N4O4S2. The third-order valence-corrected chi connectivity index (χ3v) is 9.66. The molecule has 2 aromatic rings. The molecule has 1 heterocycles. The van der Waals surface area contributed by atoms with E-state index >= 15 is 0 Å². The largest absolute Gasteiger partial charge is 0.494 e. The summed E-state index contributed by atoms with van der Waals surface area (Å²) in [7, 11) is -1.73. The van der Waals surface area contributed by atoms with Gasteiger partial charge in [0, 0.05) is 24.7 Å². The Labute approximate surface area is 248 Å². The zero-order chi connectivity index (χ0) is 29.7. The summed E-state index contributed by atoms with van der Waals surface area (Å²) in [6.07, 6.45) is 6.93. The van der Waals surface area contributed by atoms with Crippen LogP contribution in [0.3, 0.4) is 0 Å². The van der Waals surface area contributed by atoms with Crippen molar-refractivity contribution in [2.75, 3.05) is 25.9 Å². The molecule has 0 aliphatic heterocycles. The first-order valence-electron chi connectivity index (χ1n) is 14.3. The van der Waals surface area contributed by atoms with Crippen LogP contribution in [0, 0.1) is 17.2 Å². The second-order valence-electron chi connectivity index (χ2n) is 11.3. The Kier molecular flexibility index (Phi) is 10.2. The number of sulfonamides is 1. The SMILES string of the molecule is CC(C)OC1=C(C#N)C=C(c2ncc(-c3cccc4c3CC/C4=N/S(=O)(=O)CCN(C)CCC[C@@H](C)O)s2)C(C)C1. The van der Waals surface area contributed by atoms with Crippen LogP contribution in [0.1, 0.15) is 69.5 Å². The molecule has 0 amide bonds. The van der Waals surface area contributed by atoms with Crippen molar-refractivity contribution in [3.63, 3.8) is 0 Å². The number of hydrogen-bond donors (Lipinski definition) is 1. The van der Waals surface area contributed by atoms with E-state index in [4.69, 9.17) is 9.72 Å². The Morgan fingerprint density at radius 1 is 1.24 bits per heavy atom. The molecule has 0 fully saturated rings. The standard InChI is InChI=1S/C31H40N4O4S2/c1-20(2)39-29-16-21(3)27(17-23(29)18-32)31-33-19-30(40-31)26-10-6-9-25-24(26)11-12-28(25)34-41(37,38)15-14-35(5)13-7-8-22(4)36/h6,9-10,17,19-22,36H,7-8,11-16H2,1-5H3/b34-28-/t21?,22-/m1/s1. The number of aliphatic hydroxyl groups is 1. The molecule has 2 atom stereocenters. The van der Waals surface area contributed by atoms with Crippen molar-refractivity contribution in [2.24, 2.45) is 10.3 Å². The van der Waals surface area contributed by atoms with Crippen LogP contribution in [0.2, 0.25) is 0 Å². The van der Waals surface area contributed by atoms with Crippen molar-refractivity contribution in [2.45, 2.75) is 72.0 Å². The summed E-state index contributed by atoms with van der Waals surface area (Å²) < 4.78 is 35.9. The summed E-state index contributed by atoms with van der Waals surface area (Å²) in [6, 6.07) is 8.25. The lowest BCUT2D eigenvalue weighted by atomic mass is 9.89. The predicted octanol–water partition coefficient (Wildman–Crippen LogP) is 5.59. The van der Waals surface area contributed by atoms with Gasteiger partial charge >= 0.3 is 0 Å². The van der Waals surface area contributed by atoms with Gasteiger partial charge in [0.2, 0.25) is 0 Å². The van der Waals surface area contributed by atoms with Gasteiger partial charge in [-0.15, -0.1) is 11.3 Å². The average Bonchev–Trinajstić information content (AvgIpc) is 3.55. The van der Waals surface area contributed by atoms with E-state index in [0.29, 0.717) is 37.1 Å². The highest BCUT2D eigenvalue weighted by atomic mass is 32.2. The number of thiazole rings is 1. The van der Waals surface area contributed by atoms with Gasteiger partial charge in [0.1, 0.15) is 16.8 Å². The average molecular weight is 597 g/mol. The molecule has 0 spiro atoms. The summed E-state index contributed by atoms with van der Waals surface area (Å²) in [5, 5.41) is 20.0. The summed E-state index contributed by atoms with van der Waals surface area (Å²) >= 11 is 1.59. The van der Waals surface area contributed by atoms with E-state index in [-0.39, 0.29) is 23.9 Å². The van der Waals surface area contributed by atoms with Gasteiger partial charge in [-0.3, -0.25) is 0 Å². The molecule has 4 rings (SSSR count). The van der Waals surface area contributed by atoms with Crippen LogP contribution in [-0.4, -0.2) is 67.2 Å². The van der Waals surface area contributed by atoms with Gasteiger partial charge in [0.25, 0.3) is 10.0 Å². The minimum Gasteiger partial charge on any atom is -0.494 e. The molecule has 2 aliphatic carbocycles. The molecule has 0 bridgehead atoms. The molecule has 0 saturated heterocycles. The highest BCUT2D eigenvalue weighted by Crippen LogP contribution is 2.41. The van der Waals surface area contributed by atoms with Gasteiger partial charge in [-0.25, -0.2) is 13.4 Å². The number of nitrogens with zero attached hydrogens (tertiary/aromatic N) is 4. The molecule has 220 valence electrons. The van der Waals surface area contributed by atoms with E-state index in [0.717, 1.165) is 57.3 Å². The fraction of sp³-hybridized carbons (Fsp3) is 0.516. The lowest BCUT2D eigenvalue weighted by Crippen LogP contribution is -2.26. The van der Waals surface area contributed by atoms with Crippen molar-refractivity contribution in [1.29, 1.82) is 5.26 Å². The van der Waals surface area contributed by atoms with Crippen LogP contribution < -0.4 is 0 Å².